The molecule has 1 N–H and O–H groups in total. The molecule has 0 radical (unpaired) electrons. The second-order valence-electron chi connectivity index (χ2n) is 4.53. The fourth-order valence-corrected chi connectivity index (χ4v) is 2.02. The van der Waals surface area contributed by atoms with E-state index in [9.17, 15) is 13.2 Å². The van der Waals surface area contributed by atoms with Crippen LogP contribution in [-0.4, -0.2) is 12.7 Å². The molecule has 1 atom stereocenters. The predicted octanol–water partition coefficient (Wildman–Crippen LogP) is 4.30. The van der Waals surface area contributed by atoms with Gasteiger partial charge in [0.05, 0.1) is 12.3 Å². The van der Waals surface area contributed by atoms with E-state index >= 15 is 0 Å². The number of benzene rings is 1. The molecule has 2 nitrogen and oxygen atoms in total. The fourth-order valence-electron chi connectivity index (χ4n) is 2.02. The van der Waals surface area contributed by atoms with Gasteiger partial charge in [0.2, 0.25) is 0 Å². The van der Waals surface area contributed by atoms with Gasteiger partial charge in [-0.05, 0) is 30.7 Å². The van der Waals surface area contributed by atoms with Crippen LogP contribution in [0, 0.1) is 0 Å². The molecule has 2 aromatic rings. The molecule has 2 rings (SSSR count). The van der Waals surface area contributed by atoms with Crippen molar-refractivity contribution >= 4 is 0 Å². The molecule has 1 aromatic heterocycles. The standard InChI is InChI=1S/C15H16F3NO/c16-15(17,18)9-5-10-19-14(13-8-4-11-20-13)12-6-2-1-3-7-12/h1-4,6-8,11,14,19H,5,9-10H2. The summed E-state index contributed by atoms with van der Waals surface area (Å²) in [7, 11) is 0. The van der Waals surface area contributed by atoms with E-state index in [-0.39, 0.29) is 19.0 Å². The first kappa shape index (κ1) is 14.7. The molecule has 0 bridgehead atoms. The molecule has 0 aliphatic rings. The summed E-state index contributed by atoms with van der Waals surface area (Å²) in [5.41, 5.74) is 0.967. The maximum absolute atomic E-state index is 12.1. The first-order chi connectivity index (χ1) is 9.56. The molecule has 0 aliphatic carbocycles. The zero-order valence-electron chi connectivity index (χ0n) is 10.9. The van der Waals surface area contributed by atoms with Crippen molar-refractivity contribution in [3.8, 4) is 0 Å². The van der Waals surface area contributed by atoms with Crippen LogP contribution in [0.5, 0.6) is 0 Å². The van der Waals surface area contributed by atoms with Gasteiger partial charge in [0.15, 0.2) is 0 Å². The number of rotatable bonds is 6. The molecule has 20 heavy (non-hydrogen) atoms. The SMILES string of the molecule is FC(F)(F)CCCNC(c1ccccc1)c1ccco1. The maximum atomic E-state index is 12.1. The summed E-state index contributed by atoms with van der Waals surface area (Å²) in [5, 5.41) is 3.12. The van der Waals surface area contributed by atoms with E-state index < -0.39 is 12.6 Å². The Balaban J connectivity index is 1.98. The minimum Gasteiger partial charge on any atom is -0.467 e. The quantitative estimate of drug-likeness (QED) is 0.799. The van der Waals surface area contributed by atoms with Gasteiger partial charge in [0, 0.05) is 6.42 Å². The first-order valence-corrected chi connectivity index (χ1v) is 6.45. The average molecular weight is 283 g/mol. The molecule has 1 unspecified atom stereocenters. The van der Waals surface area contributed by atoms with E-state index in [0.717, 1.165) is 5.56 Å². The molecule has 0 aliphatic heterocycles. The molecular weight excluding hydrogens is 267 g/mol. The van der Waals surface area contributed by atoms with Crippen LogP contribution in [0.2, 0.25) is 0 Å². The summed E-state index contributed by atoms with van der Waals surface area (Å²) in [6.07, 6.45) is -3.27. The van der Waals surface area contributed by atoms with Crippen LogP contribution in [0.3, 0.4) is 0 Å². The molecule has 0 saturated carbocycles. The zero-order chi connectivity index (χ0) is 14.4. The Hall–Kier alpha value is -1.75. The van der Waals surface area contributed by atoms with Crippen molar-refractivity contribution in [1.82, 2.24) is 5.32 Å². The van der Waals surface area contributed by atoms with Crippen LogP contribution in [-0.2, 0) is 0 Å². The van der Waals surface area contributed by atoms with E-state index in [0.29, 0.717) is 5.76 Å². The van der Waals surface area contributed by atoms with E-state index in [2.05, 4.69) is 5.32 Å². The van der Waals surface area contributed by atoms with Crippen LogP contribution < -0.4 is 5.32 Å². The van der Waals surface area contributed by atoms with Crippen LogP contribution in [0.15, 0.2) is 53.1 Å². The third kappa shape index (κ3) is 4.42. The summed E-state index contributed by atoms with van der Waals surface area (Å²) in [6.45, 7) is 0.278. The van der Waals surface area contributed by atoms with Gasteiger partial charge in [0.25, 0.3) is 0 Å². The molecule has 1 aromatic carbocycles. The smallest absolute Gasteiger partial charge is 0.389 e. The van der Waals surface area contributed by atoms with Crippen molar-refractivity contribution in [2.24, 2.45) is 0 Å². The molecule has 1 heterocycles. The third-order valence-corrected chi connectivity index (χ3v) is 2.95. The zero-order valence-corrected chi connectivity index (χ0v) is 10.9. The van der Waals surface area contributed by atoms with Crippen molar-refractivity contribution in [2.75, 3.05) is 6.54 Å². The summed E-state index contributed by atoms with van der Waals surface area (Å²) >= 11 is 0. The Kier molecular flexibility index (Phi) is 4.84. The highest BCUT2D eigenvalue weighted by molar-refractivity contribution is 5.26. The Morgan fingerprint density at radius 1 is 1.05 bits per heavy atom. The van der Waals surface area contributed by atoms with Gasteiger partial charge in [-0.3, -0.25) is 0 Å². The average Bonchev–Trinajstić information content (AvgIpc) is 2.92. The van der Waals surface area contributed by atoms with Crippen LogP contribution >= 0.6 is 0 Å². The van der Waals surface area contributed by atoms with E-state index in [4.69, 9.17) is 4.42 Å². The summed E-state index contributed by atoms with van der Waals surface area (Å²) in [6, 6.07) is 12.9. The highest BCUT2D eigenvalue weighted by Crippen LogP contribution is 2.24. The summed E-state index contributed by atoms with van der Waals surface area (Å²) in [4.78, 5) is 0. The third-order valence-electron chi connectivity index (χ3n) is 2.95. The number of hydrogen-bond donors (Lipinski definition) is 1. The lowest BCUT2D eigenvalue weighted by atomic mass is 10.0. The van der Waals surface area contributed by atoms with E-state index in [1.54, 1.807) is 12.3 Å². The van der Waals surface area contributed by atoms with Crippen LogP contribution in [0.4, 0.5) is 13.2 Å². The Morgan fingerprint density at radius 2 is 1.80 bits per heavy atom. The molecular formula is C15H16F3NO. The maximum Gasteiger partial charge on any atom is 0.389 e. The molecule has 0 fully saturated rings. The molecule has 108 valence electrons. The lowest BCUT2D eigenvalue weighted by Gasteiger charge is -2.17. The van der Waals surface area contributed by atoms with Crippen molar-refractivity contribution in [1.29, 1.82) is 0 Å². The van der Waals surface area contributed by atoms with Gasteiger partial charge in [0.1, 0.15) is 5.76 Å². The van der Waals surface area contributed by atoms with Crippen molar-refractivity contribution in [2.45, 2.75) is 25.1 Å². The summed E-state index contributed by atoms with van der Waals surface area (Å²) in [5.74, 6) is 0.697. The van der Waals surface area contributed by atoms with Crippen LogP contribution in [0.1, 0.15) is 30.2 Å². The second kappa shape index (κ2) is 6.61. The number of nitrogens with one attached hydrogen (secondary N) is 1. The van der Waals surface area contributed by atoms with Gasteiger partial charge >= 0.3 is 6.18 Å². The van der Waals surface area contributed by atoms with Crippen molar-refractivity contribution < 1.29 is 17.6 Å². The minimum absolute atomic E-state index is 0.0491. The molecule has 0 amide bonds. The first-order valence-electron chi connectivity index (χ1n) is 6.45. The summed E-state index contributed by atoms with van der Waals surface area (Å²) < 4.78 is 41.8. The topological polar surface area (TPSA) is 25.2 Å². The van der Waals surface area contributed by atoms with Crippen molar-refractivity contribution in [3.05, 3.63) is 60.1 Å². The molecule has 0 saturated heterocycles. The largest absolute Gasteiger partial charge is 0.467 e. The monoisotopic (exact) mass is 283 g/mol. The Bertz CT molecular complexity index is 494. The lowest BCUT2D eigenvalue weighted by molar-refractivity contribution is -0.135. The van der Waals surface area contributed by atoms with Crippen molar-refractivity contribution in [3.63, 3.8) is 0 Å². The second-order valence-corrected chi connectivity index (χ2v) is 4.53. The Labute approximate surface area is 115 Å². The lowest BCUT2D eigenvalue weighted by Crippen LogP contribution is -2.24. The number of alkyl halides is 3. The van der Waals surface area contributed by atoms with Gasteiger partial charge in [-0.2, -0.15) is 13.2 Å². The number of furan rings is 1. The van der Waals surface area contributed by atoms with Gasteiger partial charge in [-0.1, -0.05) is 30.3 Å². The minimum atomic E-state index is -4.10. The van der Waals surface area contributed by atoms with Crippen LogP contribution in [0.25, 0.3) is 0 Å². The van der Waals surface area contributed by atoms with Gasteiger partial charge < -0.3 is 9.73 Å². The molecule has 0 spiro atoms. The number of hydrogen-bond acceptors (Lipinski definition) is 2. The van der Waals surface area contributed by atoms with E-state index in [1.165, 1.54) is 0 Å². The normalized spacial score (nSPS) is 13.3. The van der Waals surface area contributed by atoms with E-state index in [1.807, 2.05) is 36.4 Å². The highest BCUT2D eigenvalue weighted by Gasteiger charge is 2.26. The predicted molar refractivity (Wildman–Crippen MR) is 70.3 cm³/mol. The highest BCUT2D eigenvalue weighted by atomic mass is 19.4. The van der Waals surface area contributed by atoms with Gasteiger partial charge in [-0.25, -0.2) is 0 Å². The number of halogens is 3. The van der Waals surface area contributed by atoms with Gasteiger partial charge in [-0.15, -0.1) is 0 Å². The Morgan fingerprint density at radius 3 is 2.40 bits per heavy atom. The fraction of sp³-hybridized carbons (Fsp3) is 0.333. The molecule has 5 heteroatoms.